The number of aliphatic imine (C=N–C) groups is 1. The number of alkyl halides is 3. The van der Waals surface area contributed by atoms with Crippen LogP contribution in [0.2, 0.25) is 0 Å². The van der Waals surface area contributed by atoms with Crippen LogP contribution in [0.4, 0.5) is 18.9 Å². The zero-order chi connectivity index (χ0) is 10.8. The summed E-state index contributed by atoms with van der Waals surface area (Å²) in [7, 11) is 0. The second kappa shape index (κ2) is 3.65. The molecule has 76 valence electrons. The summed E-state index contributed by atoms with van der Waals surface area (Å²) in [4.78, 5) is 6.96. The molecular formula is C8H8F3N3. The Morgan fingerprint density at radius 3 is 2.43 bits per heavy atom. The van der Waals surface area contributed by atoms with Crippen LogP contribution in [0, 0.1) is 0 Å². The SMILES string of the molecule is CC(N)=Nc1ccc(C(F)(F)F)nc1. The van der Waals surface area contributed by atoms with Crippen LogP contribution in [0.1, 0.15) is 12.6 Å². The number of hydrogen-bond acceptors (Lipinski definition) is 2. The van der Waals surface area contributed by atoms with E-state index in [-0.39, 0.29) is 5.84 Å². The average molecular weight is 203 g/mol. The lowest BCUT2D eigenvalue weighted by atomic mass is 10.3. The summed E-state index contributed by atoms with van der Waals surface area (Å²) in [5.74, 6) is 0.270. The van der Waals surface area contributed by atoms with Crippen LogP contribution in [-0.4, -0.2) is 10.8 Å². The molecule has 0 aromatic carbocycles. The van der Waals surface area contributed by atoms with E-state index in [4.69, 9.17) is 5.73 Å². The fourth-order valence-corrected chi connectivity index (χ4v) is 0.824. The number of rotatable bonds is 1. The fraction of sp³-hybridized carbons (Fsp3) is 0.250. The Morgan fingerprint density at radius 2 is 2.07 bits per heavy atom. The van der Waals surface area contributed by atoms with Gasteiger partial charge in [0.05, 0.1) is 17.7 Å². The molecule has 0 saturated carbocycles. The zero-order valence-corrected chi connectivity index (χ0v) is 7.34. The van der Waals surface area contributed by atoms with Crippen LogP contribution in [0.5, 0.6) is 0 Å². The largest absolute Gasteiger partial charge is 0.433 e. The molecule has 1 aromatic rings. The van der Waals surface area contributed by atoms with Gasteiger partial charge >= 0.3 is 6.18 Å². The van der Waals surface area contributed by atoms with Gasteiger partial charge in [0.15, 0.2) is 0 Å². The van der Waals surface area contributed by atoms with Gasteiger partial charge in [-0.25, -0.2) is 9.98 Å². The highest BCUT2D eigenvalue weighted by Gasteiger charge is 2.31. The van der Waals surface area contributed by atoms with Crippen molar-refractivity contribution >= 4 is 11.5 Å². The predicted octanol–water partition coefficient (Wildman–Crippen LogP) is 2.11. The molecule has 1 heterocycles. The van der Waals surface area contributed by atoms with Gasteiger partial charge in [-0.1, -0.05) is 0 Å². The smallest absolute Gasteiger partial charge is 0.387 e. The molecular weight excluding hydrogens is 195 g/mol. The van der Waals surface area contributed by atoms with Gasteiger partial charge in [0.25, 0.3) is 0 Å². The second-order valence-electron chi connectivity index (χ2n) is 2.65. The highest BCUT2D eigenvalue weighted by Crippen LogP contribution is 2.28. The third-order valence-corrected chi connectivity index (χ3v) is 1.34. The molecule has 0 spiro atoms. The summed E-state index contributed by atoms with van der Waals surface area (Å²) in [6.07, 6.45) is -3.39. The van der Waals surface area contributed by atoms with E-state index < -0.39 is 11.9 Å². The van der Waals surface area contributed by atoms with E-state index in [1.165, 1.54) is 13.0 Å². The molecule has 0 bridgehead atoms. The zero-order valence-electron chi connectivity index (χ0n) is 7.34. The first kappa shape index (κ1) is 10.5. The van der Waals surface area contributed by atoms with Crippen molar-refractivity contribution < 1.29 is 13.2 Å². The minimum atomic E-state index is -4.42. The van der Waals surface area contributed by atoms with Crippen molar-refractivity contribution in [2.24, 2.45) is 10.7 Å². The summed E-state index contributed by atoms with van der Waals surface area (Å²) < 4.78 is 36.2. The van der Waals surface area contributed by atoms with Gasteiger partial charge in [-0.3, -0.25) is 0 Å². The van der Waals surface area contributed by atoms with Gasteiger partial charge < -0.3 is 5.73 Å². The van der Waals surface area contributed by atoms with E-state index in [9.17, 15) is 13.2 Å². The van der Waals surface area contributed by atoms with Crippen molar-refractivity contribution in [1.29, 1.82) is 0 Å². The van der Waals surface area contributed by atoms with E-state index in [1.54, 1.807) is 0 Å². The topological polar surface area (TPSA) is 51.3 Å². The molecule has 3 nitrogen and oxygen atoms in total. The minimum absolute atomic E-state index is 0.270. The van der Waals surface area contributed by atoms with Crippen molar-refractivity contribution in [1.82, 2.24) is 4.98 Å². The fourth-order valence-electron chi connectivity index (χ4n) is 0.824. The molecule has 0 saturated heterocycles. The molecule has 0 radical (unpaired) electrons. The maximum Gasteiger partial charge on any atom is 0.433 e. The molecule has 0 amide bonds. The molecule has 1 aromatic heterocycles. The third kappa shape index (κ3) is 2.72. The van der Waals surface area contributed by atoms with E-state index in [2.05, 4.69) is 9.98 Å². The Balaban J connectivity index is 2.95. The quantitative estimate of drug-likeness (QED) is 0.561. The average Bonchev–Trinajstić information content (AvgIpc) is 2.02. The Labute approximate surface area is 78.5 Å². The van der Waals surface area contributed by atoms with Crippen LogP contribution >= 0.6 is 0 Å². The van der Waals surface area contributed by atoms with Crippen molar-refractivity contribution in [2.45, 2.75) is 13.1 Å². The highest BCUT2D eigenvalue weighted by molar-refractivity contribution is 5.80. The lowest BCUT2D eigenvalue weighted by molar-refractivity contribution is -0.141. The Kier molecular flexibility index (Phi) is 2.73. The molecule has 0 atom stereocenters. The first-order chi connectivity index (χ1) is 6.39. The summed E-state index contributed by atoms with van der Waals surface area (Å²) in [5.41, 5.74) is 4.61. The van der Waals surface area contributed by atoms with E-state index in [0.29, 0.717) is 5.69 Å². The number of nitrogens with zero attached hydrogens (tertiary/aromatic N) is 2. The standard InChI is InChI=1S/C8H8F3N3/c1-5(12)14-6-2-3-7(13-4-6)8(9,10)11/h2-4H,1H3,(H2,12,14). The number of aromatic nitrogens is 1. The molecule has 0 aliphatic carbocycles. The van der Waals surface area contributed by atoms with Crippen LogP contribution in [0.25, 0.3) is 0 Å². The molecule has 6 heteroatoms. The summed E-state index contributed by atoms with van der Waals surface area (Å²) in [6, 6.07) is 2.08. The molecule has 0 unspecified atom stereocenters. The first-order valence-corrected chi connectivity index (χ1v) is 3.73. The van der Waals surface area contributed by atoms with Crippen molar-refractivity contribution in [3.05, 3.63) is 24.0 Å². The van der Waals surface area contributed by atoms with E-state index in [0.717, 1.165) is 12.3 Å². The van der Waals surface area contributed by atoms with Gasteiger partial charge in [-0.15, -0.1) is 0 Å². The van der Waals surface area contributed by atoms with Crippen molar-refractivity contribution in [2.75, 3.05) is 0 Å². The molecule has 14 heavy (non-hydrogen) atoms. The lowest BCUT2D eigenvalue weighted by Gasteiger charge is -2.04. The molecule has 0 aliphatic heterocycles. The van der Waals surface area contributed by atoms with E-state index in [1.807, 2.05) is 0 Å². The molecule has 0 fully saturated rings. The number of amidine groups is 1. The second-order valence-corrected chi connectivity index (χ2v) is 2.65. The van der Waals surface area contributed by atoms with Crippen molar-refractivity contribution in [3.63, 3.8) is 0 Å². The molecule has 2 N–H and O–H groups in total. The summed E-state index contributed by atoms with van der Waals surface area (Å²) in [6.45, 7) is 1.54. The number of nitrogens with two attached hydrogens (primary N) is 1. The maximum absolute atomic E-state index is 12.1. The number of halogens is 3. The number of pyridine rings is 1. The summed E-state index contributed by atoms with van der Waals surface area (Å²) >= 11 is 0. The Bertz CT molecular complexity index is 336. The Morgan fingerprint density at radius 1 is 1.43 bits per heavy atom. The van der Waals surface area contributed by atoms with E-state index >= 15 is 0 Å². The molecule has 0 aliphatic rings. The highest BCUT2D eigenvalue weighted by atomic mass is 19.4. The lowest BCUT2D eigenvalue weighted by Crippen LogP contribution is -2.07. The monoisotopic (exact) mass is 203 g/mol. The van der Waals surface area contributed by atoms with Gasteiger partial charge in [0, 0.05) is 0 Å². The normalized spacial score (nSPS) is 13.0. The maximum atomic E-state index is 12.1. The van der Waals surface area contributed by atoms with Gasteiger partial charge in [0.2, 0.25) is 0 Å². The first-order valence-electron chi connectivity index (χ1n) is 3.73. The van der Waals surface area contributed by atoms with Gasteiger partial charge in [-0.05, 0) is 19.1 Å². The van der Waals surface area contributed by atoms with Gasteiger partial charge in [0.1, 0.15) is 5.69 Å². The van der Waals surface area contributed by atoms with Crippen LogP contribution in [0.15, 0.2) is 23.3 Å². The minimum Gasteiger partial charge on any atom is -0.387 e. The van der Waals surface area contributed by atoms with Crippen molar-refractivity contribution in [3.8, 4) is 0 Å². The predicted molar refractivity (Wildman–Crippen MR) is 46.2 cm³/mol. The Hall–Kier alpha value is -1.59. The van der Waals surface area contributed by atoms with Crippen LogP contribution in [0.3, 0.4) is 0 Å². The number of hydrogen-bond donors (Lipinski definition) is 1. The third-order valence-electron chi connectivity index (χ3n) is 1.34. The van der Waals surface area contributed by atoms with Gasteiger partial charge in [-0.2, -0.15) is 13.2 Å². The van der Waals surface area contributed by atoms with Crippen LogP contribution < -0.4 is 5.73 Å². The summed E-state index contributed by atoms with van der Waals surface area (Å²) in [5, 5.41) is 0. The molecule has 1 rings (SSSR count). The van der Waals surface area contributed by atoms with Crippen LogP contribution in [-0.2, 0) is 6.18 Å².